The maximum absolute atomic E-state index is 12.4. The summed E-state index contributed by atoms with van der Waals surface area (Å²) in [7, 11) is 0. The predicted octanol–water partition coefficient (Wildman–Crippen LogP) is 4.32. The monoisotopic (exact) mass is 258 g/mol. The topological polar surface area (TPSA) is 20.2 Å². The van der Waals surface area contributed by atoms with Crippen molar-refractivity contribution >= 4 is 0 Å². The van der Waals surface area contributed by atoms with E-state index in [0.717, 1.165) is 37.8 Å². The Hall–Kier alpha value is -1.03. The van der Waals surface area contributed by atoms with Gasteiger partial charge in [-0.15, -0.1) is 0 Å². The first-order valence-corrected chi connectivity index (χ1v) is 6.34. The molecule has 0 heterocycles. The van der Waals surface area contributed by atoms with E-state index in [1.54, 1.807) is 0 Å². The highest BCUT2D eigenvalue weighted by molar-refractivity contribution is 5.26. The molecule has 0 amide bonds. The van der Waals surface area contributed by atoms with Crippen LogP contribution < -0.4 is 0 Å². The van der Waals surface area contributed by atoms with Gasteiger partial charge in [0.25, 0.3) is 0 Å². The third-order valence-corrected chi connectivity index (χ3v) is 3.68. The Labute approximate surface area is 105 Å². The van der Waals surface area contributed by atoms with Crippen LogP contribution in [0.5, 0.6) is 0 Å². The van der Waals surface area contributed by atoms with Crippen LogP contribution in [-0.2, 0) is 6.18 Å². The summed E-state index contributed by atoms with van der Waals surface area (Å²) in [4.78, 5) is 0. The van der Waals surface area contributed by atoms with Crippen LogP contribution in [0.15, 0.2) is 24.3 Å². The van der Waals surface area contributed by atoms with Crippen molar-refractivity contribution in [2.75, 3.05) is 0 Å². The molecule has 1 atom stereocenters. The van der Waals surface area contributed by atoms with E-state index in [9.17, 15) is 18.3 Å². The third-order valence-electron chi connectivity index (χ3n) is 3.68. The lowest BCUT2D eigenvalue weighted by Gasteiger charge is -2.27. The summed E-state index contributed by atoms with van der Waals surface area (Å²) in [5.41, 5.74) is -0.0722. The lowest BCUT2D eigenvalue weighted by atomic mass is 9.82. The molecule has 1 N–H and O–H groups in total. The van der Waals surface area contributed by atoms with Gasteiger partial charge in [0.1, 0.15) is 0 Å². The molecule has 0 unspecified atom stereocenters. The maximum Gasteiger partial charge on any atom is 0.416 e. The van der Waals surface area contributed by atoms with Crippen molar-refractivity contribution in [1.29, 1.82) is 0 Å². The summed E-state index contributed by atoms with van der Waals surface area (Å²) in [6.45, 7) is 0. The summed E-state index contributed by atoms with van der Waals surface area (Å²) >= 11 is 0. The molecule has 1 aromatic rings. The van der Waals surface area contributed by atoms with E-state index in [1.807, 2.05) is 0 Å². The minimum absolute atomic E-state index is 0.190. The largest absolute Gasteiger partial charge is 0.416 e. The molecule has 0 aliphatic heterocycles. The van der Waals surface area contributed by atoms with Crippen LogP contribution in [0.25, 0.3) is 0 Å². The fourth-order valence-corrected chi connectivity index (χ4v) is 2.59. The highest BCUT2D eigenvalue weighted by Gasteiger charge is 2.30. The highest BCUT2D eigenvalue weighted by Crippen LogP contribution is 2.35. The van der Waals surface area contributed by atoms with Crippen molar-refractivity contribution in [2.24, 2.45) is 5.92 Å². The number of aliphatic hydroxyl groups excluding tert-OH is 1. The second kappa shape index (κ2) is 5.31. The average molecular weight is 258 g/mol. The Bertz CT molecular complexity index is 377. The van der Waals surface area contributed by atoms with E-state index in [2.05, 4.69) is 0 Å². The SMILES string of the molecule is O[C@@H](c1ccc(C(F)(F)F)cc1)C1CCCCC1. The second-order valence-electron chi connectivity index (χ2n) is 4.96. The molecule has 1 saturated carbocycles. The molecule has 1 fully saturated rings. The molecule has 0 spiro atoms. The smallest absolute Gasteiger partial charge is 0.388 e. The molecular formula is C14H17F3O. The lowest BCUT2D eigenvalue weighted by Crippen LogP contribution is -2.16. The predicted molar refractivity (Wildman–Crippen MR) is 63.0 cm³/mol. The Morgan fingerprint density at radius 3 is 2.06 bits per heavy atom. The molecule has 0 bridgehead atoms. The summed E-state index contributed by atoms with van der Waals surface area (Å²) in [5, 5.41) is 10.2. The quantitative estimate of drug-likeness (QED) is 0.837. The van der Waals surface area contributed by atoms with E-state index < -0.39 is 17.8 Å². The minimum Gasteiger partial charge on any atom is -0.388 e. The van der Waals surface area contributed by atoms with Crippen molar-refractivity contribution < 1.29 is 18.3 Å². The fraction of sp³-hybridized carbons (Fsp3) is 0.571. The molecule has 4 heteroatoms. The van der Waals surface area contributed by atoms with Gasteiger partial charge in [0.2, 0.25) is 0 Å². The van der Waals surface area contributed by atoms with Gasteiger partial charge in [0, 0.05) is 0 Å². The normalized spacial score (nSPS) is 19.8. The molecular weight excluding hydrogens is 241 g/mol. The van der Waals surface area contributed by atoms with Gasteiger partial charge in [-0.1, -0.05) is 31.4 Å². The zero-order valence-electron chi connectivity index (χ0n) is 10.1. The van der Waals surface area contributed by atoms with E-state index >= 15 is 0 Å². The number of hydrogen-bond acceptors (Lipinski definition) is 1. The average Bonchev–Trinajstić information content (AvgIpc) is 2.38. The fourth-order valence-electron chi connectivity index (χ4n) is 2.59. The highest BCUT2D eigenvalue weighted by atomic mass is 19.4. The number of alkyl halides is 3. The van der Waals surface area contributed by atoms with Crippen LogP contribution in [0, 0.1) is 5.92 Å². The van der Waals surface area contributed by atoms with E-state index in [-0.39, 0.29) is 5.92 Å². The maximum atomic E-state index is 12.4. The van der Waals surface area contributed by atoms with Crippen molar-refractivity contribution in [3.63, 3.8) is 0 Å². The number of benzene rings is 1. The summed E-state index contributed by atoms with van der Waals surface area (Å²) in [6, 6.07) is 4.87. The molecule has 0 saturated heterocycles. The molecule has 0 aromatic heterocycles. The van der Waals surface area contributed by atoms with E-state index in [4.69, 9.17) is 0 Å². The van der Waals surface area contributed by atoms with Crippen molar-refractivity contribution in [3.8, 4) is 0 Å². The van der Waals surface area contributed by atoms with Gasteiger partial charge < -0.3 is 5.11 Å². The van der Waals surface area contributed by atoms with Crippen molar-refractivity contribution in [3.05, 3.63) is 35.4 Å². The molecule has 1 aromatic carbocycles. The van der Waals surface area contributed by atoms with Gasteiger partial charge in [-0.05, 0) is 36.5 Å². The molecule has 100 valence electrons. The third kappa shape index (κ3) is 3.05. The number of rotatable bonds is 2. The van der Waals surface area contributed by atoms with Crippen LogP contribution in [0.1, 0.15) is 49.3 Å². The number of hydrogen-bond donors (Lipinski definition) is 1. The van der Waals surface area contributed by atoms with Crippen molar-refractivity contribution in [1.82, 2.24) is 0 Å². The van der Waals surface area contributed by atoms with Gasteiger partial charge >= 0.3 is 6.18 Å². The van der Waals surface area contributed by atoms with Crippen LogP contribution in [-0.4, -0.2) is 5.11 Å². The van der Waals surface area contributed by atoms with Gasteiger partial charge in [-0.2, -0.15) is 13.2 Å². The molecule has 18 heavy (non-hydrogen) atoms. The van der Waals surface area contributed by atoms with Crippen LogP contribution in [0.4, 0.5) is 13.2 Å². The van der Waals surface area contributed by atoms with E-state index in [0.29, 0.717) is 5.56 Å². The van der Waals surface area contributed by atoms with Gasteiger partial charge in [0.15, 0.2) is 0 Å². The van der Waals surface area contributed by atoms with Crippen LogP contribution in [0.2, 0.25) is 0 Å². The summed E-state index contributed by atoms with van der Waals surface area (Å²) in [5.74, 6) is 0.190. The standard InChI is InChI=1S/C14H17F3O/c15-14(16,17)12-8-6-11(7-9-12)13(18)10-4-2-1-3-5-10/h6-10,13,18H,1-5H2/t13-/m1/s1. The second-order valence-corrected chi connectivity index (χ2v) is 4.96. The first kappa shape index (κ1) is 13.4. The van der Waals surface area contributed by atoms with Crippen LogP contribution in [0.3, 0.4) is 0 Å². The van der Waals surface area contributed by atoms with Crippen LogP contribution >= 0.6 is 0 Å². The summed E-state index contributed by atoms with van der Waals surface area (Å²) in [6.07, 6.45) is 0.368. The molecule has 0 radical (unpaired) electrons. The lowest BCUT2D eigenvalue weighted by molar-refractivity contribution is -0.137. The van der Waals surface area contributed by atoms with Gasteiger partial charge in [-0.25, -0.2) is 0 Å². The minimum atomic E-state index is -4.31. The van der Waals surface area contributed by atoms with Gasteiger partial charge in [-0.3, -0.25) is 0 Å². The first-order valence-electron chi connectivity index (χ1n) is 6.34. The molecule has 1 aliphatic rings. The Morgan fingerprint density at radius 2 is 1.56 bits per heavy atom. The number of aliphatic hydroxyl groups is 1. The van der Waals surface area contributed by atoms with Crippen molar-refractivity contribution in [2.45, 2.75) is 44.4 Å². The molecule has 2 rings (SSSR count). The molecule has 1 aliphatic carbocycles. The zero-order valence-corrected chi connectivity index (χ0v) is 10.1. The Kier molecular flexibility index (Phi) is 3.95. The van der Waals surface area contributed by atoms with E-state index in [1.165, 1.54) is 18.6 Å². The number of halogens is 3. The Morgan fingerprint density at radius 1 is 1.00 bits per heavy atom. The Balaban J connectivity index is 2.09. The zero-order chi connectivity index (χ0) is 13.2. The first-order chi connectivity index (χ1) is 8.48. The molecule has 1 nitrogen and oxygen atoms in total. The summed E-state index contributed by atoms with van der Waals surface area (Å²) < 4.78 is 37.2. The van der Waals surface area contributed by atoms with Gasteiger partial charge in [0.05, 0.1) is 11.7 Å².